The quantitative estimate of drug-likeness (QED) is 0.213. The first-order valence-electron chi connectivity index (χ1n) is 10.2. The van der Waals surface area contributed by atoms with Gasteiger partial charge in [0, 0.05) is 21.4 Å². The summed E-state index contributed by atoms with van der Waals surface area (Å²) in [6, 6.07) is 16.0. The Labute approximate surface area is 221 Å². The standard InChI is InChI=1S/C24H19Cl3N4O5/c1-35-20-10-14(12-28-31-24(34)23(33)30-18-4-2-3-16(26)11-18)9-19(27)22(20)36-13-21(32)29-17-7-5-15(25)6-8-17/h2-12H,13H2,1H3,(H,29,32)(H,30,33)(H,31,34)/b28-12-. The van der Waals surface area contributed by atoms with E-state index < -0.39 is 17.7 Å². The zero-order valence-electron chi connectivity index (χ0n) is 18.7. The Morgan fingerprint density at radius 1 is 0.889 bits per heavy atom. The van der Waals surface area contributed by atoms with Crippen molar-refractivity contribution in [2.24, 2.45) is 5.10 Å². The minimum Gasteiger partial charge on any atom is -0.493 e. The van der Waals surface area contributed by atoms with E-state index in [9.17, 15) is 14.4 Å². The van der Waals surface area contributed by atoms with Crippen molar-refractivity contribution in [2.75, 3.05) is 24.4 Å². The molecule has 0 radical (unpaired) electrons. The molecule has 0 unspecified atom stereocenters. The number of benzene rings is 3. The summed E-state index contributed by atoms with van der Waals surface area (Å²) < 4.78 is 10.8. The van der Waals surface area contributed by atoms with Crippen molar-refractivity contribution in [1.29, 1.82) is 0 Å². The van der Waals surface area contributed by atoms with Crippen LogP contribution in [0.3, 0.4) is 0 Å². The number of ether oxygens (including phenoxy) is 2. The maximum atomic E-state index is 12.2. The number of hydrogen-bond donors (Lipinski definition) is 3. The van der Waals surface area contributed by atoms with E-state index in [0.29, 0.717) is 27.0 Å². The van der Waals surface area contributed by atoms with Gasteiger partial charge in [0.15, 0.2) is 18.1 Å². The van der Waals surface area contributed by atoms with Crippen LogP contribution in [-0.2, 0) is 14.4 Å². The van der Waals surface area contributed by atoms with Crippen molar-refractivity contribution < 1.29 is 23.9 Å². The Bertz CT molecular complexity index is 1300. The number of methoxy groups -OCH3 is 1. The van der Waals surface area contributed by atoms with Gasteiger partial charge in [0.2, 0.25) is 0 Å². The molecule has 0 fully saturated rings. The second-order valence-electron chi connectivity index (χ2n) is 7.04. The maximum Gasteiger partial charge on any atom is 0.329 e. The normalized spacial score (nSPS) is 10.6. The molecule has 0 aliphatic heterocycles. The summed E-state index contributed by atoms with van der Waals surface area (Å²) in [5.41, 5.74) is 3.47. The fourth-order valence-electron chi connectivity index (χ4n) is 2.79. The molecular weight excluding hydrogens is 531 g/mol. The fourth-order valence-corrected chi connectivity index (χ4v) is 3.38. The van der Waals surface area contributed by atoms with Crippen LogP contribution in [0.4, 0.5) is 11.4 Å². The molecule has 0 saturated carbocycles. The predicted octanol–water partition coefficient (Wildman–Crippen LogP) is 4.76. The minimum atomic E-state index is -0.990. The summed E-state index contributed by atoms with van der Waals surface area (Å²) in [7, 11) is 1.40. The van der Waals surface area contributed by atoms with E-state index in [2.05, 4.69) is 21.2 Å². The summed E-state index contributed by atoms with van der Waals surface area (Å²) in [4.78, 5) is 36.2. The molecule has 9 nitrogen and oxygen atoms in total. The molecule has 0 aromatic heterocycles. The number of amides is 3. The molecule has 0 aliphatic carbocycles. The fraction of sp³-hybridized carbons (Fsp3) is 0.0833. The molecular formula is C24H19Cl3N4O5. The largest absolute Gasteiger partial charge is 0.493 e. The second-order valence-corrected chi connectivity index (χ2v) is 8.32. The van der Waals surface area contributed by atoms with Crippen LogP contribution in [0.5, 0.6) is 11.5 Å². The number of carbonyl (C=O) groups excluding carboxylic acids is 3. The molecule has 186 valence electrons. The van der Waals surface area contributed by atoms with Crippen molar-refractivity contribution in [3.8, 4) is 11.5 Å². The van der Waals surface area contributed by atoms with Gasteiger partial charge in [0.05, 0.1) is 18.3 Å². The Kier molecular flexibility index (Phi) is 9.52. The van der Waals surface area contributed by atoms with Crippen molar-refractivity contribution in [3.63, 3.8) is 0 Å². The van der Waals surface area contributed by atoms with Gasteiger partial charge in [-0.25, -0.2) is 5.43 Å². The first-order chi connectivity index (χ1) is 17.2. The van der Waals surface area contributed by atoms with Gasteiger partial charge in [0.25, 0.3) is 5.91 Å². The molecule has 0 bridgehead atoms. The Morgan fingerprint density at radius 2 is 1.64 bits per heavy atom. The summed E-state index contributed by atoms with van der Waals surface area (Å²) in [5, 5.41) is 9.92. The van der Waals surface area contributed by atoms with E-state index in [4.69, 9.17) is 44.3 Å². The highest BCUT2D eigenvalue weighted by atomic mass is 35.5. The van der Waals surface area contributed by atoms with E-state index >= 15 is 0 Å². The van der Waals surface area contributed by atoms with E-state index in [1.807, 2.05) is 0 Å². The number of rotatable bonds is 8. The van der Waals surface area contributed by atoms with Gasteiger partial charge in [-0.2, -0.15) is 5.10 Å². The first kappa shape index (κ1) is 26.8. The van der Waals surface area contributed by atoms with Crippen molar-refractivity contribution in [3.05, 3.63) is 81.3 Å². The third-order valence-corrected chi connectivity index (χ3v) is 5.16. The summed E-state index contributed by atoms with van der Waals surface area (Å²) in [6.45, 7) is -0.329. The molecule has 3 N–H and O–H groups in total. The number of halogens is 3. The van der Waals surface area contributed by atoms with Gasteiger partial charge in [0.1, 0.15) is 0 Å². The number of nitrogens with zero attached hydrogens (tertiary/aromatic N) is 1. The van der Waals surface area contributed by atoms with Crippen LogP contribution in [-0.4, -0.2) is 37.7 Å². The number of carbonyl (C=O) groups is 3. The van der Waals surface area contributed by atoms with Crippen LogP contribution in [0.2, 0.25) is 15.1 Å². The Balaban J connectivity index is 1.57. The lowest BCUT2D eigenvalue weighted by atomic mass is 10.2. The summed E-state index contributed by atoms with van der Waals surface area (Å²) >= 11 is 18.0. The molecule has 36 heavy (non-hydrogen) atoms. The monoisotopic (exact) mass is 548 g/mol. The average molecular weight is 550 g/mol. The van der Waals surface area contributed by atoms with Gasteiger partial charge in [-0.15, -0.1) is 0 Å². The van der Waals surface area contributed by atoms with Crippen LogP contribution in [0.25, 0.3) is 0 Å². The highest BCUT2D eigenvalue weighted by Crippen LogP contribution is 2.36. The Morgan fingerprint density at radius 3 is 2.33 bits per heavy atom. The third-order valence-electron chi connectivity index (χ3n) is 4.40. The lowest BCUT2D eigenvalue weighted by Crippen LogP contribution is -2.32. The van der Waals surface area contributed by atoms with Gasteiger partial charge in [-0.1, -0.05) is 40.9 Å². The van der Waals surface area contributed by atoms with Gasteiger partial charge in [-0.05, 0) is 60.2 Å². The highest BCUT2D eigenvalue weighted by molar-refractivity contribution is 6.40. The lowest BCUT2D eigenvalue weighted by molar-refractivity contribution is -0.136. The molecule has 0 spiro atoms. The average Bonchev–Trinajstić information content (AvgIpc) is 2.84. The number of hydrogen-bond acceptors (Lipinski definition) is 6. The van der Waals surface area contributed by atoms with E-state index in [0.717, 1.165) is 0 Å². The molecule has 3 aromatic carbocycles. The van der Waals surface area contributed by atoms with Crippen LogP contribution in [0.1, 0.15) is 5.56 Å². The van der Waals surface area contributed by atoms with Crippen LogP contribution in [0.15, 0.2) is 65.8 Å². The van der Waals surface area contributed by atoms with Gasteiger partial charge < -0.3 is 20.1 Å². The van der Waals surface area contributed by atoms with Crippen molar-refractivity contribution in [2.45, 2.75) is 0 Å². The molecule has 0 aliphatic rings. The smallest absolute Gasteiger partial charge is 0.329 e. The molecule has 0 saturated heterocycles. The number of anilines is 2. The van der Waals surface area contributed by atoms with Crippen LogP contribution in [0, 0.1) is 0 Å². The third kappa shape index (κ3) is 7.88. The van der Waals surface area contributed by atoms with Crippen molar-refractivity contribution >= 4 is 70.1 Å². The molecule has 3 amide bonds. The summed E-state index contributed by atoms with van der Waals surface area (Å²) in [5.74, 6) is -1.96. The van der Waals surface area contributed by atoms with E-state index in [-0.39, 0.29) is 23.1 Å². The Hall–Kier alpha value is -3.79. The highest BCUT2D eigenvalue weighted by Gasteiger charge is 2.15. The predicted molar refractivity (Wildman–Crippen MR) is 139 cm³/mol. The summed E-state index contributed by atoms with van der Waals surface area (Å²) in [6.07, 6.45) is 1.26. The SMILES string of the molecule is COc1cc(/C=N\NC(=O)C(=O)Nc2cccc(Cl)c2)cc(Cl)c1OCC(=O)Nc1ccc(Cl)cc1. The zero-order chi connectivity index (χ0) is 26.1. The molecule has 3 aromatic rings. The molecule has 0 atom stereocenters. The topological polar surface area (TPSA) is 118 Å². The molecule has 0 heterocycles. The number of hydrazone groups is 1. The zero-order valence-corrected chi connectivity index (χ0v) is 20.9. The van der Waals surface area contributed by atoms with Crippen molar-refractivity contribution in [1.82, 2.24) is 5.43 Å². The van der Waals surface area contributed by atoms with Gasteiger partial charge in [-0.3, -0.25) is 14.4 Å². The second kappa shape index (κ2) is 12.8. The van der Waals surface area contributed by atoms with E-state index in [1.165, 1.54) is 31.5 Å². The molecule has 3 rings (SSSR count). The first-order valence-corrected chi connectivity index (χ1v) is 11.3. The lowest BCUT2D eigenvalue weighted by Gasteiger charge is -2.13. The number of nitrogens with one attached hydrogen (secondary N) is 3. The van der Waals surface area contributed by atoms with E-state index in [1.54, 1.807) is 42.5 Å². The minimum absolute atomic E-state index is 0.139. The van der Waals surface area contributed by atoms with Crippen LogP contribution >= 0.6 is 34.8 Å². The maximum absolute atomic E-state index is 12.2. The van der Waals surface area contributed by atoms with Gasteiger partial charge >= 0.3 is 11.8 Å². The van der Waals surface area contributed by atoms with Crippen LogP contribution < -0.4 is 25.5 Å². The molecule has 12 heteroatoms.